The Morgan fingerprint density at radius 3 is 2.58 bits per heavy atom. The Hall–Kier alpha value is -3.33. The highest BCUT2D eigenvalue weighted by Crippen LogP contribution is 2.51. The van der Waals surface area contributed by atoms with Crippen LogP contribution in [0.3, 0.4) is 0 Å². The molecule has 158 valence electrons. The van der Waals surface area contributed by atoms with Gasteiger partial charge in [-0.05, 0) is 42.7 Å². The van der Waals surface area contributed by atoms with Gasteiger partial charge >= 0.3 is 0 Å². The second-order valence-corrected chi connectivity index (χ2v) is 8.18. The zero-order valence-corrected chi connectivity index (χ0v) is 17.0. The number of pyridine rings is 1. The largest absolute Gasteiger partial charge is 0.428 e. The monoisotopic (exact) mass is 441 g/mol. The topological polar surface area (TPSA) is 92.4 Å². The second-order valence-electron chi connectivity index (χ2n) is 7.75. The number of hydrogen-bond donors (Lipinski definition) is 0. The molecule has 0 atom stereocenters. The smallest absolute Gasteiger partial charge is 0.254 e. The van der Waals surface area contributed by atoms with Gasteiger partial charge in [-0.25, -0.2) is 9.37 Å². The summed E-state index contributed by atoms with van der Waals surface area (Å²) in [4.78, 5) is 34.1. The lowest BCUT2D eigenvalue weighted by atomic mass is 9.65. The lowest BCUT2D eigenvalue weighted by molar-refractivity contribution is -0.160. The maximum absolute atomic E-state index is 13.7. The summed E-state index contributed by atoms with van der Waals surface area (Å²) in [7, 11) is 0. The van der Waals surface area contributed by atoms with E-state index in [1.165, 1.54) is 29.6 Å². The van der Waals surface area contributed by atoms with Gasteiger partial charge in [0.15, 0.2) is 0 Å². The van der Waals surface area contributed by atoms with Gasteiger partial charge in [-0.15, -0.1) is 10.2 Å². The average Bonchev–Trinajstić information content (AvgIpc) is 3.26. The number of carbonyl (C=O) groups excluding carboxylic acids is 2. The number of piperazine rings is 1. The minimum atomic E-state index is -1.07. The van der Waals surface area contributed by atoms with E-state index in [0.29, 0.717) is 29.6 Å². The van der Waals surface area contributed by atoms with Crippen molar-refractivity contribution in [3.63, 3.8) is 0 Å². The number of benzene rings is 1. The number of hydrogen-bond acceptors (Lipinski definition) is 6. The van der Waals surface area contributed by atoms with Crippen LogP contribution in [0, 0.1) is 5.82 Å². The first-order chi connectivity index (χ1) is 15.0. The van der Waals surface area contributed by atoms with Gasteiger partial charge in [-0.3, -0.25) is 14.5 Å². The third-order valence-corrected chi connectivity index (χ3v) is 6.11. The summed E-state index contributed by atoms with van der Waals surface area (Å²) in [6.07, 6.45) is 3.39. The number of anilines is 1. The van der Waals surface area contributed by atoms with E-state index in [1.54, 1.807) is 29.2 Å². The van der Waals surface area contributed by atoms with Crippen molar-refractivity contribution >= 4 is 29.2 Å². The summed E-state index contributed by atoms with van der Waals surface area (Å²) in [6.45, 7) is 0.0604. The number of nitrogens with zero attached hydrogens (tertiary/aromatic N) is 5. The zero-order valence-electron chi connectivity index (χ0n) is 16.2. The molecule has 5 rings (SSSR count). The minimum absolute atomic E-state index is 0.131. The average molecular weight is 442 g/mol. The molecule has 31 heavy (non-hydrogen) atoms. The first-order valence-corrected chi connectivity index (χ1v) is 10.1. The molecule has 1 aliphatic carbocycles. The van der Waals surface area contributed by atoms with Gasteiger partial charge in [0.25, 0.3) is 5.91 Å². The van der Waals surface area contributed by atoms with E-state index in [4.69, 9.17) is 16.0 Å². The minimum Gasteiger partial charge on any atom is -0.428 e. The Bertz CT molecular complexity index is 1110. The van der Waals surface area contributed by atoms with Crippen molar-refractivity contribution in [2.24, 2.45) is 0 Å². The molecule has 2 amide bonds. The van der Waals surface area contributed by atoms with Crippen LogP contribution in [0.25, 0.3) is 0 Å². The molecule has 1 aromatic carbocycles. The number of halogens is 2. The predicted molar refractivity (Wildman–Crippen MR) is 108 cm³/mol. The number of carbonyl (C=O) groups is 2. The summed E-state index contributed by atoms with van der Waals surface area (Å²) < 4.78 is 18.6. The van der Waals surface area contributed by atoms with Crippen LogP contribution in [-0.2, 0) is 16.1 Å². The molecule has 0 radical (unpaired) electrons. The third-order valence-electron chi connectivity index (χ3n) is 5.89. The van der Waals surface area contributed by atoms with E-state index in [-0.39, 0.29) is 36.6 Å². The van der Waals surface area contributed by atoms with Crippen LogP contribution in [0.4, 0.5) is 10.2 Å². The number of aromatic nitrogens is 3. The fraction of sp³-hybridized carbons (Fsp3) is 0.286. The fourth-order valence-corrected chi connectivity index (χ4v) is 4.42. The highest BCUT2D eigenvalue weighted by Gasteiger charge is 2.61. The Morgan fingerprint density at radius 2 is 1.94 bits per heavy atom. The summed E-state index contributed by atoms with van der Waals surface area (Å²) >= 11 is 5.92. The first-order valence-electron chi connectivity index (χ1n) is 9.71. The van der Waals surface area contributed by atoms with Crippen LogP contribution >= 0.6 is 11.6 Å². The lowest BCUT2D eigenvalue weighted by Gasteiger charge is -2.56. The molecule has 2 aliphatic rings. The number of amides is 2. The van der Waals surface area contributed by atoms with Crippen LogP contribution < -0.4 is 4.90 Å². The molecule has 1 saturated carbocycles. The molecule has 0 bridgehead atoms. The van der Waals surface area contributed by atoms with E-state index in [1.807, 2.05) is 0 Å². The number of rotatable bonds is 4. The van der Waals surface area contributed by atoms with Crippen LogP contribution in [0.15, 0.2) is 53.4 Å². The van der Waals surface area contributed by atoms with Crippen molar-refractivity contribution in [3.05, 3.63) is 71.3 Å². The molecule has 3 heterocycles. The molecule has 1 saturated heterocycles. The third kappa shape index (κ3) is 3.34. The molecular formula is C21H17ClFN5O3. The van der Waals surface area contributed by atoms with Crippen LogP contribution in [0.1, 0.15) is 30.2 Å². The Kier molecular flexibility index (Phi) is 4.70. The van der Waals surface area contributed by atoms with Gasteiger partial charge in [-0.1, -0.05) is 23.7 Å². The highest BCUT2D eigenvalue weighted by atomic mass is 35.5. The molecule has 3 aromatic rings. The van der Waals surface area contributed by atoms with E-state index >= 15 is 0 Å². The van der Waals surface area contributed by atoms with Crippen molar-refractivity contribution in [1.82, 2.24) is 20.1 Å². The van der Waals surface area contributed by atoms with Crippen molar-refractivity contribution < 1.29 is 18.4 Å². The first kappa shape index (κ1) is 19.6. The Balaban J connectivity index is 1.48. The lowest BCUT2D eigenvalue weighted by Crippen LogP contribution is -2.72. The van der Waals surface area contributed by atoms with Crippen LogP contribution in [0.2, 0.25) is 5.02 Å². The van der Waals surface area contributed by atoms with Gasteiger partial charge in [0, 0.05) is 18.7 Å². The normalized spacial score (nSPS) is 23.4. The molecule has 2 fully saturated rings. The van der Waals surface area contributed by atoms with Crippen LogP contribution in [-0.4, -0.2) is 44.0 Å². The fourth-order valence-electron chi connectivity index (χ4n) is 4.31. The van der Waals surface area contributed by atoms with Gasteiger partial charge in [-0.2, -0.15) is 0 Å². The Morgan fingerprint density at radius 1 is 1.16 bits per heavy atom. The summed E-state index contributed by atoms with van der Waals surface area (Å²) in [5.74, 6) is -0.128. The molecule has 1 aliphatic heterocycles. The van der Waals surface area contributed by atoms with Crippen LogP contribution in [0.5, 0.6) is 0 Å². The predicted octanol–water partition coefficient (Wildman–Crippen LogP) is 2.95. The van der Waals surface area contributed by atoms with E-state index in [0.717, 1.165) is 5.56 Å². The van der Waals surface area contributed by atoms with Crippen molar-refractivity contribution in [3.8, 4) is 0 Å². The summed E-state index contributed by atoms with van der Waals surface area (Å²) in [5, 5.41) is 8.10. The molecule has 1 spiro atoms. The maximum Gasteiger partial charge on any atom is 0.254 e. The molecule has 0 unspecified atom stereocenters. The second kappa shape index (κ2) is 7.42. The molecule has 8 nitrogen and oxygen atoms in total. The van der Waals surface area contributed by atoms with Gasteiger partial charge < -0.3 is 9.32 Å². The zero-order chi connectivity index (χ0) is 21.6. The molecular weight excluding hydrogens is 425 g/mol. The SMILES string of the molecule is O=C1CN(c2ccc(Cl)cn2)C(=O)C2(CC(c3nnco3)C2)N1Cc1ccc(F)cc1. The van der Waals surface area contributed by atoms with E-state index < -0.39 is 5.54 Å². The Labute approximate surface area is 181 Å². The molecule has 10 heteroatoms. The van der Waals surface area contributed by atoms with Crippen molar-refractivity contribution in [2.45, 2.75) is 30.8 Å². The summed E-state index contributed by atoms with van der Waals surface area (Å²) in [6, 6.07) is 9.14. The van der Waals surface area contributed by atoms with E-state index in [9.17, 15) is 14.0 Å². The van der Waals surface area contributed by atoms with Gasteiger partial charge in [0.05, 0.1) is 5.02 Å². The van der Waals surface area contributed by atoms with Crippen molar-refractivity contribution in [1.29, 1.82) is 0 Å². The van der Waals surface area contributed by atoms with Gasteiger partial charge in [0.2, 0.25) is 18.2 Å². The quantitative estimate of drug-likeness (QED) is 0.618. The van der Waals surface area contributed by atoms with Crippen molar-refractivity contribution in [2.75, 3.05) is 11.4 Å². The highest BCUT2D eigenvalue weighted by molar-refractivity contribution is 6.30. The maximum atomic E-state index is 13.7. The molecule has 2 aromatic heterocycles. The standard InChI is InChI=1S/C21H17ClFN5O3/c22-15-3-6-17(24-9-15)27-11-18(29)28(10-13-1-4-16(23)5-2-13)21(20(27)30)7-14(8-21)19-26-25-12-31-19/h1-6,9,12,14H,7-8,10-11H2. The molecule has 0 N–H and O–H groups in total. The van der Waals surface area contributed by atoms with E-state index in [2.05, 4.69) is 15.2 Å². The summed E-state index contributed by atoms with van der Waals surface area (Å²) in [5.41, 5.74) is -0.328. The van der Waals surface area contributed by atoms with Gasteiger partial charge in [0.1, 0.15) is 23.7 Å².